The third-order valence-corrected chi connectivity index (χ3v) is 5.73. The van der Waals surface area contributed by atoms with Crippen molar-refractivity contribution in [1.82, 2.24) is 20.6 Å². The summed E-state index contributed by atoms with van der Waals surface area (Å²) in [6.45, 7) is 0.423. The number of halogens is 3. The summed E-state index contributed by atoms with van der Waals surface area (Å²) in [6.07, 6.45) is -0.361. The first kappa shape index (κ1) is 25.9. The molecule has 0 radical (unpaired) electrons. The summed E-state index contributed by atoms with van der Waals surface area (Å²) < 4.78 is 56.0. The number of aromatic nitrogens is 2. The van der Waals surface area contributed by atoms with Crippen LogP contribution >= 0.6 is 0 Å². The second-order valence-corrected chi connectivity index (χ2v) is 8.25. The van der Waals surface area contributed by atoms with Gasteiger partial charge in [0.2, 0.25) is 5.91 Å². The van der Waals surface area contributed by atoms with Crippen molar-refractivity contribution in [2.24, 2.45) is 0 Å². The number of hydrogen-bond donors (Lipinski definition) is 2. The van der Waals surface area contributed by atoms with Gasteiger partial charge in [-0.2, -0.15) is 13.2 Å². The average Bonchev–Trinajstić information content (AvgIpc) is 3.38. The monoisotopic (exact) mass is 516 g/mol. The van der Waals surface area contributed by atoms with E-state index in [9.17, 15) is 22.8 Å². The number of hydrogen-bond acceptors (Lipinski definition) is 7. The highest BCUT2D eigenvalue weighted by Gasteiger charge is 2.43. The van der Waals surface area contributed by atoms with Gasteiger partial charge in [-0.25, -0.2) is 9.97 Å². The molecule has 1 fully saturated rings. The molecule has 2 heterocycles. The van der Waals surface area contributed by atoms with Gasteiger partial charge in [-0.1, -0.05) is 12.1 Å². The van der Waals surface area contributed by atoms with Crippen LogP contribution in [-0.4, -0.2) is 47.6 Å². The number of ether oxygens (including phenoxy) is 3. The Hall–Kier alpha value is -4.19. The van der Waals surface area contributed by atoms with Gasteiger partial charge in [0.1, 0.15) is 34.7 Å². The maximum absolute atomic E-state index is 13.4. The lowest BCUT2D eigenvalue weighted by Gasteiger charge is -2.27. The van der Waals surface area contributed by atoms with Crippen LogP contribution in [0.25, 0.3) is 0 Å². The van der Waals surface area contributed by atoms with E-state index in [1.807, 2.05) is 0 Å². The molecule has 1 saturated heterocycles. The number of alkyl halides is 3. The van der Waals surface area contributed by atoms with Gasteiger partial charge in [0.25, 0.3) is 5.91 Å². The summed E-state index contributed by atoms with van der Waals surface area (Å²) in [5.74, 6) is -1.05. The van der Waals surface area contributed by atoms with Gasteiger partial charge in [0.05, 0.1) is 19.3 Å². The quantitative estimate of drug-likeness (QED) is 0.471. The van der Waals surface area contributed by atoms with Gasteiger partial charge in [0, 0.05) is 32.0 Å². The fourth-order valence-electron chi connectivity index (χ4n) is 3.71. The Morgan fingerprint density at radius 2 is 1.78 bits per heavy atom. The fourth-order valence-corrected chi connectivity index (χ4v) is 3.71. The van der Waals surface area contributed by atoms with Crippen LogP contribution < -0.4 is 20.1 Å². The largest absolute Gasteiger partial charge is 0.497 e. The summed E-state index contributed by atoms with van der Waals surface area (Å²) in [7, 11) is 1.28. The molecule has 0 saturated carbocycles. The van der Waals surface area contributed by atoms with Crippen molar-refractivity contribution < 1.29 is 37.0 Å². The third kappa shape index (κ3) is 6.15. The van der Waals surface area contributed by atoms with Crippen molar-refractivity contribution in [2.75, 3.05) is 20.3 Å². The van der Waals surface area contributed by atoms with Crippen molar-refractivity contribution in [3.05, 3.63) is 77.9 Å². The Morgan fingerprint density at radius 3 is 2.41 bits per heavy atom. The normalized spacial score (nSPS) is 17.2. The minimum absolute atomic E-state index is 0.00837. The van der Waals surface area contributed by atoms with E-state index in [2.05, 4.69) is 20.6 Å². The molecule has 37 heavy (non-hydrogen) atoms. The first-order valence-electron chi connectivity index (χ1n) is 11.2. The second-order valence-electron chi connectivity index (χ2n) is 8.25. The number of rotatable bonds is 8. The van der Waals surface area contributed by atoms with Crippen molar-refractivity contribution in [3.63, 3.8) is 0 Å². The Kier molecular flexibility index (Phi) is 7.58. The molecule has 9 nitrogen and oxygen atoms in total. The number of amides is 2. The molecule has 2 amide bonds. The Bertz CT molecular complexity index is 1250. The summed E-state index contributed by atoms with van der Waals surface area (Å²) in [5, 5.41) is 5.51. The van der Waals surface area contributed by atoms with Crippen LogP contribution in [0.4, 0.5) is 13.2 Å². The summed E-state index contributed by atoms with van der Waals surface area (Å²) >= 11 is 0. The standard InChI is InChI=1S/C25H23F3N4O5/c1-35-19-6-7-21(20(10-19)25(26,27)28)37-18-4-2-16(3-5-18)11-31-23(34)24(8-9-36-14-24)32-22(33)17-12-29-15-30-13-17/h2-7,10,12-13,15H,8-9,11,14H2,1H3,(H,31,34)(H,32,33)/t24-/m1/s1. The van der Waals surface area contributed by atoms with E-state index in [0.29, 0.717) is 12.2 Å². The van der Waals surface area contributed by atoms with Crippen molar-refractivity contribution >= 4 is 11.8 Å². The molecule has 0 unspecified atom stereocenters. The first-order valence-corrected chi connectivity index (χ1v) is 11.2. The molecule has 2 N–H and O–H groups in total. The van der Waals surface area contributed by atoms with Crippen molar-refractivity contribution in [2.45, 2.75) is 24.7 Å². The van der Waals surface area contributed by atoms with Crippen LogP contribution in [0.3, 0.4) is 0 Å². The number of carbonyl (C=O) groups excluding carboxylic acids is 2. The molecule has 12 heteroatoms. The van der Waals surface area contributed by atoms with Crippen LogP contribution in [0, 0.1) is 0 Å². The van der Waals surface area contributed by atoms with E-state index in [4.69, 9.17) is 14.2 Å². The van der Waals surface area contributed by atoms with Gasteiger partial charge in [0.15, 0.2) is 0 Å². The summed E-state index contributed by atoms with van der Waals surface area (Å²) in [6, 6.07) is 9.66. The van der Waals surface area contributed by atoms with E-state index in [1.54, 1.807) is 12.1 Å². The number of nitrogens with zero attached hydrogens (tertiary/aromatic N) is 2. The van der Waals surface area contributed by atoms with Crippen molar-refractivity contribution in [1.29, 1.82) is 0 Å². The zero-order valence-electron chi connectivity index (χ0n) is 19.7. The molecule has 2 aromatic carbocycles. The fraction of sp³-hybridized carbons (Fsp3) is 0.280. The van der Waals surface area contributed by atoms with Crippen LogP contribution in [0.15, 0.2) is 61.2 Å². The van der Waals surface area contributed by atoms with Gasteiger partial charge in [-0.05, 0) is 35.9 Å². The van der Waals surface area contributed by atoms with Gasteiger partial charge < -0.3 is 24.8 Å². The molecule has 1 aliphatic rings. The Morgan fingerprint density at radius 1 is 1.08 bits per heavy atom. The molecule has 0 aliphatic carbocycles. The van der Waals surface area contributed by atoms with E-state index in [1.165, 1.54) is 50.1 Å². The molecule has 0 spiro atoms. The highest BCUT2D eigenvalue weighted by molar-refractivity contribution is 5.99. The molecule has 4 rings (SSSR count). The lowest BCUT2D eigenvalue weighted by atomic mass is 9.96. The molecular formula is C25H23F3N4O5. The molecule has 194 valence electrons. The first-order chi connectivity index (χ1) is 17.7. The molecule has 0 bridgehead atoms. The van der Waals surface area contributed by atoms with E-state index in [-0.39, 0.29) is 42.4 Å². The minimum atomic E-state index is -4.63. The SMILES string of the molecule is COc1ccc(Oc2ccc(CNC(=O)[C@@]3(NC(=O)c4cncnc4)CCOC3)cc2)c(C(F)(F)F)c1. The predicted octanol–water partition coefficient (Wildman–Crippen LogP) is 3.50. The third-order valence-electron chi connectivity index (χ3n) is 5.73. The van der Waals surface area contributed by atoms with E-state index < -0.39 is 29.1 Å². The topological polar surface area (TPSA) is 112 Å². The van der Waals surface area contributed by atoms with Crippen LogP contribution in [-0.2, 0) is 22.3 Å². The van der Waals surface area contributed by atoms with Crippen LogP contribution in [0.1, 0.15) is 27.9 Å². The second kappa shape index (κ2) is 10.8. The summed E-state index contributed by atoms with van der Waals surface area (Å²) in [5.41, 5.74) is -1.33. The number of carbonyl (C=O) groups is 2. The lowest BCUT2D eigenvalue weighted by Crippen LogP contribution is -2.59. The predicted molar refractivity (Wildman–Crippen MR) is 124 cm³/mol. The zero-order chi connectivity index (χ0) is 26.5. The smallest absolute Gasteiger partial charge is 0.420 e. The minimum Gasteiger partial charge on any atom is -0.497 e. The molecule has 1 atom stereocenters. The Labute approximate surface area is 210 Å². The molecule has 3 aromatic rings. The molecular weight excluding hydrogens is 493 g/mol. The van der Waals surface area contributed by atoms with Crippen molar-refractivity contribution in [3.8, 4) is 17.2 Å². The van der Waals surface area contributed by atoms with E-state index in [0.717, 1.165) is 6.07 Å². The lowest BCUT2D eigenvalue weighted by molar-refractivity contribution is -0.138. The number of benzene rings is 2. The maximum atomic E-state index is 13.4. The zero-order valence-corrected chi connectivity index (χ0v) is 19.7. The molecule has 1 aliphatic heterocycles. The number of nitrogens with one attached hydrogen (secondary N) is 2. The van der Waals surface area contributed by atoms with Crippen LogP contribution in [0.5, 0.6) is 17.2 Å². The van der Waals surface area contributed by atoms with Gasteiger partial charge in [-0.15, -0.1) is 0 Å². The maximum Gasteiger partial charge on any atom is 0.420 e. The Balaban J connectivity index is 1.40. The number of methoxy groups -OCH3 is 1. The average molecular weight is 516 g/mol. The highest BCUT2D eigenvalue weighted by Crippen LogP contribution is 2.40. The molecule has 1 aromatic heterocycles. The van der Waals surface area contributed by atoms with E-state index >= 15 is 0 Å². The van der Waals surface area contributed by atoms with Gasteiger partial charge >= 0.3 is 6.18 Å². The highest BCUT2D eigenvalue weighted by atomic mass is 19.4. The summed E-state index contributed by atoms with van der Waals surface area (Å²) in [4.78, 5) is 33.2. The van der Waals surface area contributed by atoms with Gasteiger partial charge in [-0.3, -0.25) is 9.59 Å². The van der Waals surface area contributed by atoms with Crippen LogP contribution in [0.2, 0.25) is 0 Å².